The maximum Gasteiger partial charge on any atom is 0.333 e. The highest BCUT2D eigenvalue weighted by atomic mass is 16.8. The minimum atomic E-state index is -1.66. The van der Waals surface area contributed by atoms with Gasteiger partial charge < -0.3 is 19.3 Å². The van der Waals surface area contributed by atoms with Crippen LogP contribution < -0.4 is 5.32 Å². The molecular formula is C9H11NO6. The number of morpholine rings is 1. The van der Waals surface area contributed by atoms with Gasteiger partial charge in [0.15, 0.2) is 0 Å². The Morgan fingerprint density at radius 1 is 1.44 bits per heavy atom. The number of aliphatic hydroxyl groups is 1. The van der Waals surface area contributed by atoms with E-state index in [0.717, 1.165) is 12.2 Å². The number of hydrogen-bond acceptors (Lipinski definition) is 7. The van der Waals surface area contributed by atoms with Gasteiger partial charge in [-0.1, -0.05) is 0 Å². The van der Waals surface area contributed by atoms with Crippen molar-refractivity contribution in [3.8, 4) is 0 Å². The van der Waals surface area contributed by atoms with Gasteiger partial charge in [0, 0.05) is 18.7 Å². The van der Waals surface area contributed by atoms with Crippen LogP contribution in [0.15, 0.2) is 12.2 Å². The number of hydrogen-bond donors (Lipinski definition) is 2. The second-order valence-electron chi connectivity index (χ2n) is 3.34. The summed E-state index contributed by atoms with van der Waals surface area (Å²) in [7, 11) is 0. The fraction of sp³-hybridized carbons (Fsp3) is 0.556. The summed E-state index contributed by atoms with van der Waals surface area (Å²) in [5, 5.41) is 12.0. The Kier molecular flexibility index (Phi) is 2.90. The summed E-state index contributed by atoms with van der Waals surface area (Å²) >= 11 is 0. The highest BCUT2D eigenvalue weighted by Gasteiger charge is 2.48. The molecular weight excluding hydrogens is 218 g/mol. The molecule has 2 aliphatic heterocycles. The summed E-state index contributed by atoms with van der Waals surface area (Å²) in [5.74, 6) is -3.12. The SMILES string of the molecule is O=C1/C=C/C(=O)O[C@@]2(CO)OCCNC2O1. The van der Waals surface area contributed by atoms with E-state index in [0.29, 0.717) is 6.54 Å². The largest absolute Gasteiger partial charge is 0.436 e. The van der Waals surface area contributed by atoms with Crippen LogP contribution in [0.5, 0.6) is 0 Å². The van der Waals surface area contributed by atoms with E-state index in [1.807, 2.05) is 0 Å². The van der Waals surface area contributed by atoms with Crippen molar-refractivity contribution in [3.63, 3.8) is 0 Å². The first-order valence-corrected chi connectivity index (χ1v) is 4.76. The minimum absolute atomic E-state index is 0.242. The molecule has 1 saturated heterocycles. The summed E-state index contributed by atoms with van der Waals surface area (Å²) in [6.45, 7) is 0.0735. The number of ether oxygens (including phenoxy) is 3. The summed E-state index contributed by atoms with van der Waals surface area (Å²) in [6, 6.07) is 0. The molecule has 0 aromatic carbocycles. The summed E-state index contributed by atoms with van der Waals surface area (Å²) < 4.78 is 15.1. The molecule has 7 heteroatoms. The third-order valence-electron chi connectivity index (χ3n) is 2.26. The molecule has 0 radical (unpaired) electrons. The van der Waals surface area contributed by atoms with Crippen LogP contribution in [0.3, 0.4) is 0 Å². The van der Waals surface area contributed by atoms with E-state index < -0.39 is 30.6 Å². The van der Waals surface area contributed by atoms with Crippen molar-refractivity contribution in [3.05, 3.63) is 12.2 Å². The van der Waals surface area contributed by atoms with E-state index in [1.165, 1.54) is 0 Å². The second kappa shape index (κ2) is 4.20. The van der Waals surface area contributed by atoms with Crippen LogP contribution in [0, 0.1) is 0 Å². The molecule has 0 bridgehead atoms. The summed E-state index contributed by atoms with van der Waals surface area (Å²) in [6.07, 6.45) is 0.876. The number of rotatable bonds is 1. The molecule has 16 heavy (non-hydrogen) atoms. The van der Waals surface area contributed by atoms with Gasteiger partial charge in [-0.05, 0) is 0 Å². The number of aliphatic hydroxyl groups excluding tert-OH is 1. The predicted octanol–water partition coefficient (Wildman–Crippen LogP) is -1.72. The van der Waals surface area contributed by atoms with E-state index in [2.05, 4.69) is 5.32 Å². The van der Waals surface area contributed by atoms with Gasteiger partial charge in [-0.3, -0.25) is 5.32 Å². The number of carbonyl (C=O) groups excluding carboxylic acids is 2. The zero-order valence-electron chi connectivity index (χ0n) is 8.34. The van der Waals surface area contributed by atoms with Crippen molar-refractivity contribution in [2.75, 3.05) is 19.8 Å². The quantitative estimate of drug-likeness (QED) is 0.516. The average Bonchev–Trinajstić information content (AvgIpc) is 2.27. The van der Waals surface area contributed by atoms with Crippen molar-refractivity contribution >= 4 is 11.9 Å². The van der Waals surface area contributed by atoms with Gasteiger partial charge in [-0.2, -0.15) is 0 Å². The van der Waals surface area contributed by atoms with Gasteiger partial charge in [-0.25, -0.2) is 9.59 Å². The number of carbonyl (C=O) groups is 2. The van der Waals surface area contributed by atoms with Crippen LogP contribution in [-0.4, -0.2) is 48.8 Å². The van der Waals surface area contributed by atoms with Gasteiger partial charge in [-0.15, -0.1) is 0 Å². The van der Waals surface area contributed by atoms with E-state index >= 15 is 0 Å². The standard InChI is InChI=1S/C9H11NO6/c11-5-9-8(10-3-4-14-9)15-6(12)1-2-7(13)16-9/h1-2,8,10-11H,3-5H2/b2-1+/t8?,9-/m1/s1. The second-order valence-corrected chi connectivity index (χ2v) is 3.34. The molecule has 0 saturated carbocycles. The molecule has 1 unspecified atom stereocenters. The lowest BCUT2D eigenvalue weighted by molar-refractivity contribution is -0.304. The highest BCUT2D eigenvalue weighted by Crippen LogP contribution is 2.24. The topological polar surface area (TPSA) is 94.1 Å². The summed E-state index contributed by atoms with van der Waals surface area (Å²) in [4.78, 5) is 22.5. The van der Waals surface area contributed by atoms with Gasteiger partial charge in [0.25, 0.3) is 5.79 Å². The third-order valence-corrected chi connectivity index (χ3v) is 2.26. The Hall–Kier alpha value is -1.44. The Labute approximate surface area is 91.0 Å². The number of esters is 2. The lowest BCUT2D eigenvalue weighted by atomic mass is 10.2. The van der Waals surface area contributed by atoms with Crippen molar-refractivity contribution < 1.29 is 28.9 Å². The van der Waals surface area contributed by atoms with Crippen LogP contribution in [0.1, 0.15) is 0 Å². The van der Waals surface area contributed by atoms with Crippen molar-refractivity contribution in [1.82, 2.24) is 5.32 Å². The molecule has 0 spiro atoms. The van der Waals surface area contributed by atoms with Crippen LogP contribution in [-0.2, 0) is 23.8 Å². The number of fused-ring (bicyclic) bond motifs is 1. The zero-order chi connectivity index (χ0) is 11.6. The van der Waals surface area contributed by atoms with Gasteiger partial charge in [0.2, 0.25) is 6.23 Å². The van der Waals surface area contributed by atoms with E-state index in [-0.39, 0.29) is 6.61 Å². The van der Waals surface area contributed by atoms with Gasteiger partial charge in [0.05, 0.1) is 6.61 Å². The lowest BCUT2D eigenvalue weighted by Gasteiger charge is -2.41. The smallest absolute Gasteiger partial charge is 0.333 e. The first-order chi connectivity index (χ1) is 7.66. The molecule has 2 atom stereocenters. The molecule has 2 rings (SSSR count). The van der Waals surface area contributed by atoms with Crippen molar-refractivity contribution in [2.45, 2.75) is 12.0 Å². The summed E-state index contributed by atoms with van der Waals surface area (Å²) in [5.41, 5.74) is 0. The average molecular weight is 229 g/mol. The van der Waals surface area contributed by atoms with E-state index in [9.17, 15) is 14.7 Å². The lowest BCUT2D eigenvalue weighted by Crippen LogP contribution is -2.64. The molecule has 2 heterocycles. The van der Waals surface area contributed by atoms with Crippen LogP contribution in [0.2, 0.25) is 0 Å². The van der Waals surface area contributed by atoms with Crippen LogP contribution >= 0.6 is 0 Å². The fourth-order valence-corrected chi connectivity index (χ4v) is 1.52. The van der Waals surface area contributed by atoms with E-state index in [4.69, 9.17) is 14.2 Å². The van der Waals surface area contributed by atoms with Crippen molar-refractivity contribution in [2.24, 2.45) is 0 Å². The van der Waals surface area contributed by atoms with Gasteiger partial charge in [0.1, 0.15) is 6.61 Å². The molecule has 0 amide bonds. The zero-order valence-corrected chi connectivity index (χ0v) is 8.34. The first kappa shape index (κ1) is 11.1. The molecule has 0 aliphatic carbocycles. The maximum absolute atomic E-state index is 11.3. The Bertz CT molecular complexity index is 341. The molecule has 0 aromatic heterocycles. The highest BCUT2D eigenvalue weighted by molar-refractivity contribution is 5.92. The molecule has 88 valence electrons. The molecule has 2 N–H and O–H groups in total. The number of nitrogens with one attached hydrogen (secondary N) is 1. The maximum atomic E-state index is 11.3. The first-order valence-electron chi connectivity index (χ1n) is 4.76. The van der Waals surface area contributed by atoms with E-state index in [1.54, 1.807) is 0 Å². The molecule has 0 aromatic rings. The molecule has 1 fully saturated rings. The molecule has 2 aliphatic rings. The Morgan fingerprint density at radius 3 is 2.94 bits per heavy atom. The predicted molar refractivity (Wildman–Crippen MR) is 48.9 cm³/mol. The van der Waals surface area contributed by atoms with Gasteiger partial charge >= 0.3 is 11.9 Å². The molecule has 7 nitrogen and oxygen atoms in total. The fourth-order valence-electron chi connectivity index (χ4n) is 1.52. The van der Waals surface area contributed by atoms with Crippen LogP contribution in [0.25, 0.3) is 0 Å². The Morgan fingerprint density at radius 2 is 2.19 bits per heavy atom. The van der Waals surface area contributed by atoms with Crippen LogP contribution in [0.4, 0.5) is 0 Å². The monoisotopic (exact) mass is 229 g/mol. The van der Waals surface area contributed by atoms with Crippen molar-refractivity contribution in [1.29, 1.82) is 0 Å². The minimum Gasteiger partial charge on any atom is -0.436 e. The third kappa shape index (κ3) is 1.92. The normalized spacial score (nSPS) is 36.4. The Balaban J connectivity index is 2.30.